The third-order valence-electron chi connectivity index (χ3n) is 4.66. The molecule has 2 aromatic heterocycles. The molecular formula is C16H21N5O2S. The molecule has 2 aliphatic rings. The van der Waals surface area contributed by atoms with E-state index < -0.39 is 0 Å². The average molecular weight is 347 g/mol. The summed E-state index contributed by atoms with van der Waals surface area (Å²) in [4.78, 5) is 18.9. The number of aryl methyl sites for hydroxylation is 2. The molecule has 0 bridgehead atoms. The molecule has 0 N–H and O–H groups in total. The van der Waals surface area contributed by atoms with Gasteiger partial charge in [-0.05, 0) is 31.2 Å². The Balaban J connectivity index is 1.38. The molecule has 0 atom stereocenters. The fourth-order valence-electron chi connectivity index (χ4n) is 3.38. The fourth-order valence-corrected chi connectivity index (χ4v) is 4.07. The Labute approximate surface area is 144 Å². The number of nitrogens with zero attached hydrogens (tertiary/aromatic N) is 5. The quantitative estimate of drug-likeness (QED) is 0.811. The molecule has 0 radical (unpaired) electrons. The van der Waals surface area contributed by atoms with E-state index in [-0.39, 0.29) is 5.56 Å². The van der Waals surface area contributed by atoms with Crippen molar-refractivity contribution in [3.05, 3.63) is 33.5 Å². The van der Waals surface area contributed by atoms with Crippen molar-refractivity contribution in [3.8, 4) is 0 Å². The van der Waals surface area contributed by atoms with E-state index in [1.54, 1.807) is 17.9 Å². The second-order valence-electron chi connectivity index (χ2n) is 6.54. The maximum absolute atomic E-state index is 12.2. The van der Waals surface area contributed by atoms with Gasteiger partial charge in [-0.2, -0.15) is 9.47 Å². The second kappa shape index (κ2) is 6.60. The van der Waals surface area contributed by atoms with Gasteiger partial charge in [-0.1, -0.05) is 0 Å². The van der Waals surface area contributed by atoms with Gasteiger partial charge in [0.05, 0.1) is 12.2 Å². The molecule has 1 aliphatic carbocycles. The molecule has 1 saturated heterocycles. The van der Waals surface area contributed by atoms with E-state index in [0.29, 0.717) is 19.1 Å². The largest absolute Gasteiger partial charge is 0.377 e. The summed E-state index contributed by atoms with van der Waals surface area (Å²) < 4.78 is 11.0. The van der Waals surface area contributed by atoms with Crippen molar-refractivity contribution in [2.75, 3.05) is 25.1 Å². The highest BCUT2D eigenvalue weighted by atomic mass is 32.1. The minimum Gasteiger partial charge on any atom is -0.377 e. The SMILES string of the molecule is COCc1nsc(N2CC(Cn3nc4c(cc3=O)CCCC4)C2)n1. The number of methoxy groups -OCH3 is 1. The summed E-state index contributed by atoms with van der Waals surface area (Å²) in [6.07, 6.45) is 4.34. The molecule has 0 saturated carbocycles. The van der Waals surface area contributed by atoms with E-state index in [0.717, 1.165) is 48.1 Å². The minimum absolute atomic E-state index is 0.0346. The first kappa shape index (κ1) is 15.7. The number of hydrogen-bond acceptors (Lipinski definition) is 7. The van der Waals surface area contributed by atoms with Crippen LogP contribution in [0, 0.1) is 5.92 Å². The summed E-state index contributed by atoms with van der Waals surface area (Å²) in [5.41, 5.74) is 2.30. The summed E-state index contributed by atoms with van der Waals surface area (Å²) in [7, 11) is 1.64. The van der Waals surface area contributed by atoms with Crippen molar-refractivity contribution in [1.29, 1.82) is 0 Å². The van der Waals surface area contributed by atoms with E-state index in [9.17, 15) is 4.79 Å². The van der Waals surface area contributed by atoms with Crippen LogP contribution in [0.2, 0.25) is 0 Å². The highest BCUT2D eigenvalue weighted by Gasteiger charge is 2.30. The standard InChI is InChI=1S/C16H21N5O2S/c1-23-10-14-17-16(24-19-14)20-7-11(8-20)9-21-15(22)6-12-4-2-3-5-13(12)18-21/h6,11H,2-5,7-10H2,1H3. The highest BCUT2D eigenvalue weighted by Crippen LogP contribution is 2.27. The zero-order valence-electron chi connectivity index (χ0n) is 13.8. The third-order valence-corrected chi connectivity index (χ3v) is 5.48. The fraction of sp³-hybridized carbons (Fsp3) is 0.625. The van der Waals surface area contributed by atoms with Crippen molar-refractivity contribution in [3.63, 3.8) is 0 Å². The maximum atomic E-state index is 12.2. The summed E-state index contributed by atoms with van der Waals surface area (Å²) in [5.74, 6) is 1.17. The van der Waals surface area contributed by atoms with Gasteiger partial charge in [-0.25, -0.2) is 9.67 Å². The van der Waals surface area contributed by atoms with E-state index in [4.69, 9.17) is 4.74 Å². The number of hydrogen-bond donors (Lipinski definition) is 0. The van der Waals surface area contributed by atoms with Gasteiger partial charge < -0.3 is 9.64 Å². The van der Waals surface area contributed by atoms with Crippen molar-refractivity contribution in [1.82, 2.24) is 19.1 Å². The van der Waals surface area contributed by atoms with Crippen LogP contribution in [0.3, 0.4) is 0 Å². The molecule has 0 spiro atoms. The molecule has 128 valence electrons. The van der Waals surface area contributed by atoms with E-state index in [2.05, 4.69) is 19.4 Å². The number of aromatic nitrogens is 4. The molecule has 8 heteroatoms. The molecule has 1 fully saturated rings. The van der Waals surface area contributed by atoms with E-state index in [1.165, 1.54) is 24.4 Å². The third kappa shape index (κ3) is 3.08. The predicted octanol–water partition coefficient (Wildman–Crippen LogP) is 1.26. The topological polar surface area (TPSA) is 73.1 Å². The van der Waals surface area contributed by atoms with Crippen molar-refractivity contribution in [2.24, 2.45) is 5.92 Å². The molecule has 7 nitrogen and oxygen atoms in total. The minimum atomic E-state index is 0.0346. The van der Waals surface area contributed by atoms with Gasteiger partial charge in [-0.15, -0.1) is 0 Å². The molecule has 24 heavy (non-hydrogen) atoms. The zero-order chi connectivity index (χ0) is 16.5. The van der Waals surface area contributed by atoms with Crippen LogP contribution in [0.25, 0.3) is 0 Å². The number of anilines is 1. The van der Waals surface area contributed by atoms with Crippen LogP contribution in [0.4, 0.5) is 5.13 Å². The Morgan fingerprint density at radius 2 is 2.17 bits per heavy atom. The number of ether oxygens (including phenoxy) is 1. The van der Waals surface area contributed by atoms with Crippen molar-refractivity contribution < 1.29 is 4.74 Å². The Bertz CT molecular complexity index is 781. The first-order valence-electron chi connectivity index (χ1n) is 8.39. The van der Waals surface area contributed by atoms with Crippen molar-refractivity contribution in [2.45, 2.75) is 38.8 Å². The Morgan fingerprint density at radius 3 is 3.00 bits per heavy atom. The lowest BCUT2D eigenvalue weighted by atomic mass is 9.97. The second-order valence-corrected chi connectivity index (χ2v) is 7.27. The van der Waals surface area contributed by atoms with Gasteiger partial charge in [0.1, 0.15) is 6.61 Å². The number of rotatable bonds is 5. The molecule has 0 aromatic carbocycles. The summed E-state index contributed by atoms with van der Waals surface area (Å²) in [6.45, 7) is 2.92. The summed E-state index contributed by atoms with van der Waals surface area (Å²) in [5, 5.41) is 5.54. The first-order chi connectivity index (χ1) is 11.7. The molecule has 1 aliphatic heterocycles. The van der Waals surface area contributed by atoms with Gasteiger partial charge in [0.15, 0.2) is 5.82 Å². The lowest BCUT2D eigenvalue weighted by Gasteiger charge is -2.38. The van der Waals surface area contributed by atoms with Crippen molar-refractivity contribution >= 4 is 16.7 Å². The lowest BCUT2D eigenvalue weighted by Crippen LogP contribution is -2.49. The molecule has 2 aromatic rings. The van der Waals surface area contributed by atoms with E-state index in [1.807, 2.05) is 0 Å². The summed E-state index contributed by atoms with van der Waals surface area (Å²) in [6, 6.07) is 1.79. The van der Waals surface area contributed by atoms with Crippen LogP contribution >= 0.6 is 11.5 Å². The van der Waals surface area contributed by atoms with Crippen LogP contribution in [0.5, 0.6) is 0 Å². The van der Waals surface area contributed by atoms with Crippen LogP contribution in [-0.2, 0) is 30.7 Å². The smallest absolute Gasteiger partial charge is 0.267 e. The highest BCUT2D eigenvalue weighted by molar-refractivity contribution is 7.09. The van der Waals surface area contributed by atoms with Crippen LogP contribution in [-0.4, -0.2) is 39.3 Å². The lowest BCUT2D eigenvalue weighted by molar-refractivity contribution is 0.179. The first-order valence-corrected chi connectivity index (χ1v) is 9.16. The zero-order valence-corrected chi connectivity index (χ0v) is 14.6. The van der Waals surface area contributed by atoms with Crippen LogP contribution in [0.15, 0.2) is 10.9 Å². The van der Waals surface area contributed by atoms with Gasteiger partial charge in [-0.3, -0.25) is 4.79 Å². The molecular weight excluding hydrogens is 326 g/mol. The van der Waals surface area contributed by atoms with E-state index >= 15 is 0 Å². The molecule has 0 unspecified atom stereocenters. The Hall–Kier alpha value is -1.80. The Kier molecular flexibility index (Phi) is 4.32. The van der Waals surface area contributed by atoms with Gasteiger partial charge in [0, 0.05) is 43.7 Å². The average Bonchev–Trinajstić information content (AvgIpc) is 2.99. The predicted molar refractivity (Wildman–Crippen MR) is 91.5 cm³/mol. The summed E-state index contributed by atoms with van der Waals surface area (Å²) >= 11 is 1.40. The Morgan fingerprint density at radius 1 is 1.33 bits per heavy atom. The monoisotopic (exact) mass is 347 g/mol. The maximum Gasteiger partial charge on any atom is 0.267 e. The van der Waals surface area contributed by atoms with Crippen LogP contribution in [0.1, 0.15) is 29.9 Å². The van der Waals surface area contributed by atoms with Crippen LogP contribution < -0.4 is 10.5 Å². The normalized spacial score (nSPS) is 17.6. The molecule has 4 rings (SSSR count). The molecule has 3 heterocycles. The molecule has 0 amide bonds. The van der Waals surface area contributed by atoms with Gasteiger partial charge in [0.2, 0.25) is 5.13 Å². The van der Waals surface area contributed by atoms with Gasteiger partial charge >= 0.3 is 0 Å². The van der Waals surface area contributed by atoms with Gasteiger partial charge in [0.25, 0.3) is 5.56 Å². The number of fused-ring (bicyclic) bond motifs is 1.